The number of aliphatic hydroxyl groups excluding tert-OH is 3. The molecule has 0 bridgehead atoms. The van der Waals surface area contributed by atoms with Crippen molar-refractivity contribution in [3.8, 4) is 0 Å². The zero-order valence-corrected chi connectivity index (χ0v) is 12.3. The molecule has 2 rings (SSSR count). The van der Waals surface area contributed by atoms with Crippen LogP contribution in [0.25, 0.3) is 0 Å². The molecule has 2 unspecified atom stereocenters. The van der Waals surface area contributed by atoms with Crippen LogP contribution in [-0.4, -0.2) is 60.8 Å². The van der Waals surface area contributed by atoms with Gasteiger partial charge in [-0.05, 0) is 19.1 Å². The molecule has 1 aromatic carbocycles. The maximum atomic E-state index is 12.0. The van der Waals surface area contributed by atoms with Crippen molar-refractivity contribution in [1.29, 1.82) is 0 Å². The number of rotatable bonds is 4. The largest absolute Gasteiger partial charge is 0.388 e. The molecule has 1 aliphatic heterocycles. The number of ether oxygens (including phenoxy) is 1. The molecule has 1 fully saturated rings. The number of benzene rings is 1. The third kappa shape index (κ3) is 3.60. The highest BCUT2D eigenvalue weighted by Crippen LogP contribution is 2.21. The van der Waals surface area contributed by atoms with Crippen molar-refractivity contribution in [2.24, 2.45) is 0 Å². The molecule has 0 amide bonds. The van der Waals surface area contributed by atoms with Gasteiger partial charge in [-0.15, -0.1) is 0 Å². The third-order valence-electron chi connectivity index (χ3n) is 3.48. The van der Waals surface area contributed by atoms with Gasteiger partial charge in [0.1, 0.15) is 24.4 Å². The predicted molar refractivity (Wildman–Crippen MR) is 74.0 cm³/mol. The van der Waals surface area contributed by atoms with Gasteiger partial charge in [0.15, 0.2) is 0 Å². The van der Waals surface area contributed by atoms with Crippen molar-refractivity contribution in [3.05, 3.63) is 30.3 Å². The summed E-state index contributed by atoms with van der Waals surface area (Å²) in [7, 11) is -3.72. The highest BCUT2D eigenvalue weighted by Gasteiger charge is 2.41. The van der Waals surface area contributed by atoms with Crippen LogP contribution in [0.3, 0.4) is 0 Å². The molecule has 0 spiro atoms. The lowest BCUT2D eigenvalue weighted by molar-refractivity contribution is -0.214. The van der Waals surface area contributed by atoms with Crippen LogP contribution in [0.5, 0.6) is 0 Å². The Bertz CT molecular complexity index is 563. The number of hydrogen-bond acceptors (Lipinski definition) is 6. The molecule has 1 saturated heterocycles. The van der Waals surface area contributed by atoms with Gasteiger partial charge in [0, 0.05) is 6.54 Å². The smallest absolute Gasteiger partial charge is 0.240 e. The van der Waals surface area contributed by atoms with E-state index in [9.17, 15) is 23.7 Å². The number of nitrogens with one attached hydrogen (secondary N) is 1. The van der Waals surface area contributed by atoms with Crippen LogP contribution >= 0.6 is 0 Å². The lowest BCUT2D eigenvalue weighted by Crippen LogP contribution is -2.59. The van der Waals surface area contributed by atoms with Gasteiger partial charge in [-0.2, -0.15) is 0 Å². The Morgan fingerprint density at radius 1 is 1.10 bits per heavy atom. The first kappa shape index (κ1) is 16.3. The van der Waals surface area contributed by atoms with Gasteiger partial charge in [0.05, 0.1) is 11.0 Å². The first-order valence-electron chi connectivity index (χ1n) is 6.57. The maximum Gasteiger partial charge on any atom is 0.240 e. The quantitative estimate of drug-likeness (QED) is 0.556. The summed E-state index contributed by atoms with van der Waals surface area (Å²) >= 11 is 0. The summed E-state index contributed by atoms with van der Waals surface area (Å²) in [4.78, 5) is 0.101. The SMILES string of the molecule is CC1O[C@H](CNS(=O)(=O)c2ccccc2)C(O)[C@@H](O)[C@@H]1O. The minimum absolute atomic E-state index is 0.101. The van der Waals surface area contributed by atoms with Crippen LogP contribution < -0.4 is 4.72 Å². The van der Waals surface area contributed by atoms with Gasteiger partial charge in [-0.3, -0.25) is 0 Å². The van der Waals surface area contributed by atoms with Gasteiger partial charge in [0.25, 0.3) is 0 Å². The number of hydrogen-bond donors (Lipinski definition) is 4. The van der Waals surface area contributed by atoms with E-state index in [0.29, 0.717) is 0 Å². The van der Waals surface area contributed by atoms with E-state index in [1.807, 2.05) is 0 Å². The second kappa shape index (κ2) is 6.39. The normalized spacial score (nSPS) is 33.8. The molecule has 21 heavy (non-hydrogen) atoms. The van der Waals surface area contributed by atoms with Crippen LogP contribution in [0.4, 0.5) is 0 Å². The third-order valence-corrected chi connectivity index (χ3v) is 4.92. The van der Waals surface area contributed by atoms with Crippen molar-refractivity contribution in [3.63, 3.8) is 0 Å². The Morgan fingerprint density at radius 3 is 2.33 bits per heavy atom. The van der Waals surface area contributed by atoms with Gasteiger partial charge in [0.2, 0.25) is 10.0 Å². The van der Waals surface area contributed by atoms with Crippen LogP contribution in [0.1, 0.15) is 6.92 Å². The fourth-order valence-electron chi connectivity index (χ4n) is 2.18. The van der Waals surface area contributed by atoms with Gasteiger partial charge < -0.3 is 20.1 Å². The minimum atomic E-state index is -3.72. The van der Waals surface area contributed by atoms with E-state index in [-0.39, 0.29) is 11.4 Å². The van der Waals surface area contributed by atoms with Gasteiger partial charge in [-0.25, -0.2) is 13.1 Å². The summed E-state index contributed by atoms with van der Waals surface area (Å²) in [5, 5.41) is 29.1. The Labute approximate surface area is 123 Å². The maximum absolute atomic E-state index is 12.0. The van der Waals surface area contributed by atoms with Crippen molar-refractivity contribution >= 4 is 10.0 Å². The first-order valence-corrected chi connectivity index (χ1v) is 8.05. The molecule has 0 aliphatic carbocycles. The van der Waals surface area contributed by atoms with Crippen LogP contribution in [0.2, 0.25) is 0 Å². The van der Waals surface area contributed by atoms with E-state index in [4.69, 9.17) is 4.74 Å². The van der Waals surface area contributed by atoms with Crippen molar-refractivity contribution in [2.45, 2.75) is 42.3 Å². The molecular formula is C13H19NO6S. The molecule has 1 heterocycles. The Morgan fingerprint density at radius 2 is 1.71 bits per heavy atom. The molecule has 0 saturated carbocycles. The van der Waals surface area contributed by atoms with Crippen LogP contribution in [0.15, 0.2) is 35.2 Å². The number of aliphatic hydroxyl groups is 3. The number of sulfonamides is 1. The summed E-state index contributed by atoms with van der Waals surface area (Å²) in [5.74, 6) is 0. The summed E-state index contributed by atoms with van der Waals surface area (Å²) in [6.45, 7) is 1.34. The van der Waals surface area contributed by atoms with E-state index in [2.05, 4.69) is 4.72 Å². The minimum Gasteiger partial charge on any atom is -0.388 e. The average Bonchev–Trinajstić information content (AvgIpc) is 2.48. The van der Waals surface area contributed by atoms with Crippen LogP contribution in [-0.2, 0) is 14.8 Å². The highest BCUT2D eigenvalue weighted by atomic mass is 32.2. The Hall–Kier alpha value is -1.03. The van der Waals surface area contributed by atoms with E-state index in [1.54, 1.807) is 25.1 Å². The fraction of sp³-hybridized carbons (Fsp3) is 0.538. The fourth-order valence-corrected chi connectivity index (χ4v) is 3.25. The lowest BCUT2D eigenvalue weighted by Gasteiger charge is -2.39. The topological polar surface area (TPSA) is 116 Å². The Kier molecular flexibility index (Phi) is 4.97. The summed E-state index contributed by atoms with van der Waals surface area (Å²) in [6, 6.07) is 7.79. The van der Waals surface area contributed by atoms with Gasteiger partial charge >= 0.3 is 0 Å². The summed E-state index contributed by atoms with van der Waals surface area (Å²) in [6.07, 6.45) is -5.58. The second-order valence-corrected chi connectivity index (χ2v) is 6.78. The molecule has 4 N–H and O–H groups in total. The van der Waals surface area contributed by atoms with Gasteiger partial charge in [-0.1, -0.05) is 18.2 Å². The monoisotopic (exact) mass is 317 g/mol. The van der Waals surface area contributed by atoms with Crippen LogP contribution in [0, 0.1) is 0 Å². The van der Waals surface area contributed by atoms with E-state index >= 15 is 0 Å². The van der Waals surface area contributed by atoms with E-state index in [1.165, 1.54) is 12.1 Å². The summed E-state index contributed by atoms with van der Waals surface area (Å²) in [5.41, 5.74) is 0. The standard InChI is InChI=1S/C13H19NO6S/c1-8-11(15)13(17)12(16)10(20-8)7-14-21(18,19)9-5-3-2-4-6-9/h2-6,8,10-17H,7H2,1H3/t8?,10-,11-,12?,13+/m1/s1. The van der Waals surface area contributed by atoms with E-state index in [0.717, 1.165) is 0 Å². The molecular weight excluding hydrogens is 298 g/mol. The first-order chi connectivity index (χ1) is 9.83. The molecule has 7 nitrogen and oxygen atoms in total. The molecule has 1 aromatic rings. The molecule has 1 aliphatic rings. The Balaban J connectivity index is 2.03. The predicted octanol–water partition coefficient (Wildman–Crippen LogP) is -1.17. The highest BCUT2D eigenvalue weighted by molar-refractivity contribution is 7.89. The average molecular weight is 317 g/mol. The van der Waals surface area contributed by atoms with Crippen molar-refractivity contribution in [2.75, 3.05) is 6.54 Å². The molecule has 118 valence electrons. The lowest BCUT2D eigenvalue weighted by atomic mass is 9.96. The molecule has 8 heteroatoms. The second-order valence-electron chi connectivity index (χ2n) is 5.02. The van der Waals surface area contributed by atoms with Crippen molar-refractivity contribution < 1.29 is 28.5 Å². The summed E-state index contributed by atoms with van der Waals surface area (Å²) < 4.78 is 31.7. The molecule has 0 radical (unpaired) electrons. The molecule has 5 atom stereocenters. The van der Waals surface area contributed by atoms with E-state index < -0.39 is 40.5 Å². The zero-order valence-electron chi connectivity index (χ0n) is 11.5. The van der Waals surface area contributed by atoms with Crippen molar-refractivity contribution in [1.82, 2.24) is 4.72 Å². The zero-order chi connectivity index (χ0) is 15.6. The molecule has 0 aromatic heterocycles.